The summed E-state index contributed by atoms with van der Waals surface area (Å²) in [5.74, 6) is -1.09. The number of likely N-dealkylation sites (tertiary alicyclic amines) is 1. The van der Waals surface area contributed by atoms with Crippen LogP contribution in [0.15, 0.2) is 17.5 Å². The molecule has 3 rings (SSSR count). The molecular weight excluding hydrogens is 350 g/mol. The maximum atomic E-state index is 12.3. The third-order valence-corrected chi connectivity index (χ3v) is 5.62. The van der Waals surface area contributed by atoms with Crippen LogP contribution in [-0.4, -0.2) is 46.0 Å². The lowest BCUT2D eigenvalue weighted by atomic mass is 9.99. The number of hydrogen-bond acceptors (Lipinski definition) is 5. The maximum absolute atomic E-state index is 12.3. The van der Waals surface area contributed by atoms with Crippen molar-refractivity contribution >= 4 is 28.3 Å². The number of carboxylic acid groups (broad SMARTS) is 1. The first-order valence-electron chi connectivity index (χ1n) is 8.65. The van der Waals surface area contributed by atoms with Crippen molar-refractivity contribution in [1.82, 2.24) is 9.88 Å². The van der Waals surface area contributed by atoms with Crippen LogP contribution >= 0.6 is 11.3 Å². The Bertz CT molecular complexity index is 847. The number of nitrogens with one attached hydrogen (secondary N) is 1. The van der Waals surface area contributed by atoms with E-state index >= 15 is 0 Å². The second kappa shape index (κ2) is 7.55. The number of nitrogens with zero attached hydrogens (tertiary/aromatic N) is 2. The third-order valence-electron chi connectivity index (χ3n) is 4.86. The fourth-order valence-corrected chi connectivity index (χ4v) is 4.06. The minimum atomic E-state index is -0.864. The van der Waals surface area contributed by atoms with Gasteiger partial charge in [-0.05, 0) is 62.9 Å². The van der Waals surface area contributed by atoms with Crippen LogP contribution in [0.1, 0.15) is 29.5 Å². The zero-order chi connectivity index (χ0) is 18.8. The maximum Gasteiger partial charge on any atom is 0.320 e. The Labute approximate surface area is 156 Å². The number of thiazole rings is 1. The highest BCUT2D eigenvalue weighted by Gasteiger charge is 2.31. The fourth-order valence-electron chi connectivity index (χ4n) is 3.33. The van der Waals surface area contributed by atoms with Crippen molar-refractivity contribution < 1.29 is 14.7 Å². The molecule has 1 atom stereocenters. The molecule has 1 saturated heterocycles. The van der Waals surface area contributed by atoms with Gasteiger partial charge in [0.05, 0.1) is 12.2 Å². The van der Waals surface area contributed by atoms with E-state index < -0.39 is 12.0 Å². The molecule has 1 fully saturated rings. The van der Waals surface area contributed by atoms with E-state index in [1.165, 1.54) is 22.5 Å². The minimum absolute atomic E-state index is 0.0779. The average Bonchev–Trinajstić information content (AvgIpc) is 3.20. The van der Waals surface area contributed by atoms with Crippen LogP contribution in [0.4, 0.5) is 5.13 Å². The van der Waals surface area contributed by atoms with Gasteiger partial charge in [-0.1, -0.05) is 6.07 Å². The van der Waals surface area contributed by atoms with E-state index in [0.29, 0.717) is 18.1 Å². The van der Waals surface area contributed by atoms with Crippen LogP contribution in [0.5, 0.6) is 0 Å². The van der Waals surface area contributed by atoms with Gasteiger partial charge >= 0.3 is 5.97 Å². The summed E-state index contributed by atoms with van der Waals surface area (Å²) >= 11 is 1.38. The minimum Gasteiger partial charge on any atom is -0.480 e. The van der Waals surface area contributed by atoms with Gasteiger partial charge in [-0.15, -0.1) is 11.3 Å². The number of carboxylic acids is 1. The molecule has 0 unspecified atom stereocenters. The Hall–Kier alpha value is -2.25. The molecule has 2 heterocycles. The second-order valence-electron chi connectivity index (χ2n) is 6.80. The number of benzene rings is 1. The molecule has 1 aromatic carbocycles. The van der Waals surface area contributed by atoms with Crippen LogP contribution in [0, 0.1) is 20.8 Å². The Morgan fingerprint density at radius 3 is 2.73 bits per heavy atom. The van der Waals surface area contributed by atoms with Crippen molar-refractivity contribution in [3.05, 3.63) is 34.2 Å². The molecule has 0 bridgehead atoms. The van der Waals surface area contributed by atoms with Crippen LogP contribution in [0.3, 0.4) is 0 Å². The van der Waals surface area contributed by atoms with Gasteiger partial charge in [0.25, 0.3) is 0 Å². The zero-order valence-corrected chi connectivity index (χ0v) is 16.0. The molecule has 6 nitrogen and oxygen atoms in total. The van der Waals surface area contributed by atoms with Crippen molar-refractivity contribution in [2.45, 2.75) is 39.7 Å². The number of anilines is 1. The summed E-state index contributed by atoms with van der Waals surface area (Å²) in [6.07, 6.45) is 1.40. The molecule has 1 aliphatic rings. The van der Waals surface area contributed by atoms with E-state index in [4.69, 9.17) is 0 Å². The third kappa shape index (κ3) is 3.94. The Kier molecular flexibility index (Phi) is 5.38. The van der Waals surface area contributed by atoms with E-state index in [0.717, 1.165) is 23.2 Å². The summed E-state index contributed by atoms with van der Waals surface area (Å²) in [6, 6.07) is 3.69. The smallest absolute Gasteiger partial charge is 0.320 e. The SMILES string of the molecule is Cc1cc(C)c(-c2csc(NC(=O)CN3CCC[C@@H]3C(=O)O)n2)cc1C. The molecule has 1 aliphatic heterocycles. The summed E-state index contributed by atoms with van der Waals surface area (Å²) in [4.78, 5) is 29.7. The summed E-state index contributed by atoms with van der Waals surface area (Å²) in [6.45, 7) is 6.92. The van der Waals surface area contributed by atoms with Gasteiger partial charge in [-0.2, -0.15) is 0 Å². The molecule has 0 spiro atoms. The predicted octanol–water partition coefficient (Wildman–Crippen LogP) is 3.22. The average molecular weight is 373 g/mol. The van der Waals surface area contributed by atoms with Crippen LogP contribution in [-0.2, 0) is 9.59 Å². The lowest BCUT2D eigenvalue weighted by Crippen LogP contribution is -2.40. The first-order chi connectivity index (χ1) is 12.3. The lowest BCUT2D eigenvalue weighted by Gasteiger charge is -2.19. The standard InChI is InChI=1S/C19H23N3O3S/c1-11-7-13(3)14(8-12(11)2)15-10-26-19(20-15)21-17(23)9-22-6-4-5-16(22)18(24)25/h7-8,10,16H,4-6,9H2,1-3H3,(H,24,25)(H,20,21,23)/t16-/m1/s1. The number of aryl methyl sites for hydroxylation is 3. The van der Waals surface area contributed by atoms with Gasteiger partial charge < -0.3 is 10.4 Å². The monoisotopic (exact) mass is 373 g/mol. The Morgan fingerprint density at radius 2 is 2.00 bits per heavy atom. The topological polar surface area (TPSA) is 82.5 Å². The Morgan fingerprint density at radius 1 is 1.27 bits per heavy atom. The van der Waals surface area contributed by atoms with Crippen molar-refractivity contribution in [2.24, 2.45) is 0 Å². The highest BCUT2D eigenvalue weighted by Crippen LogP contribution is 2.29. The van der Waals surface area contributed by atoms with Gasteiger partial charge in [0.15, 0.2) is 5.13 Å². The van der Waals surface area contributed by atoms with Crippen LogP contribution < -0.4 is 5.32 Å². The molecule has 1 amide bonds. The number of rotatable bonds is 5. The number of aliphatic carboxylic acids is 1. The first-order valence-corrected chi connectivity index (χ1v) is 9.53. The summed E-state index contributed by atoms with van der Waals surface area (Å²) < 4.78 is 0. The van der Waals surface area contributed by atoms with Crippen LogP contribution in [0.25, 0.3) is 11.3 Å². The summed E-state index contributed by atoms with van der Waals surface area (Å²) in [5.41, 5.74) is 5.51. The van der Waals surface area contributed by atoms with E-state index in [2.05, 4.69) is 43.2 Å². The molecular formula is C19H23N3O3S. The van der Waals surface area contributed by atoms with Crippen molar-refractivity contribution in [2.75, 3.05) is 18.4 Å². The zero-order valence-electron chi connectivity index (χ0n) is 15.2. The molecule has 0 aliphatic carbocycles. The highest BCUT2D eigenvalue weighted by molar-refractivity contribution is 7.14. The largest absolute Gasteiger partial charge is 0.480 e. The summed E-state index contributed by atoms with van der Waals surface area (Å²) in [7, 11) is 0. The quantitative estimate of drug-likeness (QED) is 0.841. The van der Waals surface area contributed by atoms with E-state index in [1.807, 2.05) is 5.38 Å². The number of aromatic nitrogens is 1. The van der Waals surface area contributed by atoms with Crippen molar-refractivity contribution in [3.63, 3.8) is 0 Å². The normalized spacial score (nSPS) is 17.4. The molecule has 1 aromatic heterocycles. The van der Waals surface area contributed by atoms with Gasteiger partial charge in [0.1, 0.15) is 6.04 Å². The highest BCUT2D eigenvalue weighted by atomic mass is 32.1. The molecule has 26 heavy (non-hydrogen) atoms. The van der Waals surface area contributed by atoms with Crippen molar-refractivity contribution in [3.8, 4) is 11.3 Å². The molecule has 138 valence electrons. The van der Waals surface area contributed by atoms with Gasteiger partial charge in [0, 0.05) is 10.9 Å². The molecule has 7 heteroatoms. The molecule has 2 aromatic rings. The number of carbonyl (C=O) groups is 2. The fraction of sp³-hybridized carbons (Fsp3) is 0.421. The number of amides is 1. The van der Waals surface area contributed by atoms with Gasteiger partial charge in [0.2, 0.25) is 5.91 Å². The molecule has 2 N–H and O–H groups in total. The Balaban J connectivity index is 1.68. The number of carbonyl (C=O) groups excluding carboxylic acids is 1. The number of hydrogen-bond donors (Lipinski definition) is 2. The second-order valence-corrected chi connectivity index (χ2v) is 7.66. The van der Waals surface area contributed by atoms with Gasteiger partial charge in [-0.25, -0.2) is 4.98 Å². The molecule has 0 radical (unpaired) electrons. The van der Waals surface area contributed by atoms with Crippen molar-refractivity contribution in [1.29, 1.82) is 0 Å². The summed E-state index contributed by atoms with van der Waals surface area (Å²) in [5, 5.41) is 14.5. The first kappa shape index (κ1) is 18.5. The molecule has 0 saturated carbocycles. The van der Waals surface area contributed by atoms with E-state index in [-0.39, 0.29) is 12.5 Å². The predicted molar refractivity (Wildman–Crippen MR) is 103 cm³/mol. The lowest BCUT2D eigenvalue weighted by molar-refractivity contribution is -0.142. The van der Waals surface area contributed by atoms with Crippen LogP contribution in [0.2, 0.25) is 0 Å². The van der Waals surface area contributed by atoms with E-state index in [9.17, 15) is 14.7 Å². The van der Waals surface area contributed by atoms with Gasteiger partial charge in [-0.3, -0.25) is 14.5 Å². The van der Waals surface area contributed by atoms with E-state index in [1.54, 1.807) is 4.90 Å².